The lowest BCUT2D eigenvalue weighted by Gasteiger charge is -2.24. The zero-order chi connectivity index (χ0) is 13.1. The van der Waals surface area contributed by atoms with E-state index in [9.17, 15) is 4.79 Å². The number of ether oxygens (including phenoxy) is 2. The highest BCUT2D eigenvalue weighted by Gasteiger charge is 2.15. The SMILES string of the molecule is O=C(/C=C/c1ccc2c(c1)OCO2)N1CCCCO1. The van der Waals surface area contributed by atoms with Crippen LogP contribution in [0.1, 0.15) is 18.4 Å². The van der Waals surface area contributed by atoms with Crippen LogP contribution in [0, 0.1) is 0 Å². The van der Waals surface area contributed by atoms with E-state index in [1.54, 1.807) is 6.08 Å². The minimum absolute atomic E-state index is 0.127. The minimum atomic E-state index is -0.127. The minimum Gasteiger partial charge on any atom is -0.454 e. The predicted molar refractivity (Wildman–Crippen MR) is 68.5 cm³/mol. The molecule has 0 aromatic heterocycles. The zero-order valence-electron chi connectivity index (χ0n) is 10.5. The third-order valence-electron chi connectivity index (χ3n) is 3.06. The maximum absolute atomic E-state index is 11.9. The summed E-state index contributed by atoms with van der Waals surface area (Å²) in [4.78, 5) is 17.2. The van der Waals surface area contributed by atoms with Gasteiger partial charge in [0.15, 0.2) is 11.5 Å². The molecule has 2 aliphatic rings. The Kier molecular flexibility index (Phi) is 3.37. The average Bonchev–Trinajstić information content (AvgIpc) is 2.93. The van der Waals surface area contributed by atoms with E-state index in [1.165, 1.54) is 11.1 Å². The van der Waals surface area contributed by atoms with Gasteiger partial charge in [0, 0.05) is 12.6 Å². The van der Waals surface area contributed by atoms with E-state index in [1.807, 2.05) is 18.2 Å². The maximum atomic E-state index is 11.9. The Balaban J connectivity index is 1.66. The molecule has 0 N–H and O–H groups in total. The fourth-order valence-electron chi connectivity index (χ4n) is 2.04. The smallest absolute Gasteiger partial charge is 0.270 e. The van der Waals surface area contributed by atoms with E-state index in [4.69, 9.17) is 14.3 Å². The highest BCUT2D eigenvalue weighted by atomic mass is 16.7. The summed E-state index contributed by atoms with van der Waals surface area (Å²) in [5, 5.41) is 1.41. The van der Waals surface area contributed by atoms with E-state index >= 15 is 0 Å². The van der Waals surface area contributed by atoms with Gasteiger partial charge in [-0.25, -0.2) is 5.06 Å². The lowest BCUT2D eigenvalue weighted by Crippen LogP contribution is -2.34. The first-order valence-electron chi connectivity index (χ1n) is 6.35. The highest BCUT2D eigenvalue weighted by Crippen LogP contribution is 2.32. The second kappa shape index (κ2) is 5.32. The monoisotopic (exact) mass is 261 g/mol. The molecular weight excluding hydrogens is 246 g/mol. The number of rotatable bonds is 2. The average molecular weight is 261 g/mol. The Morgan fingerprint density at radius 3 is 2.95 bits per heavy atom. The molecule has 3 rings (SSSR count). The van der Waals surface area contributed by atoms with Gasteiger partial charge in [0.2, 0.25) is 6.79 Å². The quantitative estimate of drug-likeness (QED) is 0.764. The van der Waals surface area contributed by atoms with E-state index in [0.29, 0.717) is 18.9 Å². The van der Waals surface area contributed by atoms with Gasteiger partial charge in [-0.1, -0.05) is 6.07 Å². The normalized spacial score (nSPS) is 18.0. The zero-order valence-corrected chi connectivity index (χ0v) is 10.5. The summed E-state index contributed by atoms with van der Waals surface area (Å²) in [7, 11) is 0. The third kappa shape index (κ3) is 2.71. The van der Waals surface area contributed by atoms with Crippen LogP contribution < -0.4 is 9.47 Å². The molecule has 0 aliphatic carbocycles. The maximum Gasteiger partial charge on any atom is 0.270 e. The van der Waals surface area contributed by atoms with Gasteiger partial charge in [0.05, 0.1) is 6.61 Å². The molecular formula is C14H15NO4. The highest BCUT2D eigenvalue weighted by molar-refractivity contribution is 5.91. The van der Waals surface area contributed by atoms with Crippen molar-refractivity contribution in [3.05, 3.63) is 29.8 Å². The summed E-state index contributed by atoms with van der Waals surface area (Å²) in [6.07, 6.45) is 5.27. The first-order valence-corrected chi connectivity index (χ1v) is 6.35. The van der Waals surface area contributed by atoms with Crippen molar-refractivity contribution >= 4 is 12.0 Å². The molecule has 0 atom stereocenters. The van der Waals surface area contributed by atoms with Gasteiger partial charge < -0.3 is 9.47 Å². The van der Waals surface area contributed by atoms with Crippen molar-refractivity contribution in [2.75, 3.05) is 19.9 Å². The summed E-state index contributed by atoms with van der Waals surface area (Å²) in [6.45, 7) is 1.52. The molecule has 0 unspecified atom stereocenters. The van der Waals surface area contributed by atoms with Crippen molar-refractivity contribution in [1.29, 1.82) is 0 Å². The number of hydrogen-bond donors (Lipinski definition) is 0. The van der Waals surface area contributed by atoms with Crippen molar-refractivity contribution in [1.82, 2.24) is 5.06 Å². The van der Waals surface area contributed by atoms with Crippen LogP contribution in [-0.2, 0) is 9.63 Å². The van der Waals surface area contributed by atoms with Crippen molar-refractivity contribution in [2.24, 2.45) is 0 Å². The van der Waals surface area contributed by atoms with Gasteiger partial charge in [-0.2, -0.15) is 0 Å². The molecule has 0 bridgehead atoms. The summed E-state index contributed by atoms with van der Waals surface area (Å²) in [6, 6.07) is 5.57. The predicted octanol–water partition coefficient (Wildman–Crippen LogP) is 1.98. The van der Waals surface area contributed by atoms with Crippen molar-refractivity contribution in [3.63, 3.8) is 0 Å². The molecule has 1 aromatic rings. The van der Waals surface area contributed by atoms with Crippen LogP contribution in [0.2, 0.25) is 0 Å². The van der Waals surface area contributed by atoms with Gasteiger partial charge in [-0.15, -0.1) is 0 Å². The molecule has 1 saturated heterocycles. The Labute approximate surface area is 111 Å². The number of benzene rings is 1. The molecule has 1 fully saturated rings. The number of amides is 1. The van der Waals surface area contributed by atoms with Crippen LogP contribution in [0.4, 0.5) is 0 Å². The van der Waals surface area contributed by atoms with E-state index in [0.717, 1.165) is 24.2 Å². The van der Waals surface area contributed by atoms with Gasteiger partial charge in [-0.05, 0) is 36.6 Å². The second-order valence-corrected chi connectivity index (χ2v) is 4.43. The first-order chi connectivity index (χ1) is 9.33. The lowest BCUT2D eigenvalue weighted by atomic mass is 10.2. The topological polar surface area (TPSA) is 48.0 Å². The van der Waals surface area contributed by atoms with Crippen molar-refractivity contribution in [3.8, 4) is 11.5 Å². The van der Waals surface area contributed by atoms with E-state index in [-0.39, 0.29) is 12.7 Å². The van der Waals surface area contributed by atoms with Crippen molar-refractivity contribution in [2.45, 2.75) is 12.8 Å². The first kappa shape index (κ1) is 12.0. The van der Waals surface area contributed by atoms with Crippen LogP contribution in [0.25, 0.3) is 6.08 Å². The molecule has 2 heterocycles. The van der Waals surface area contributed by atoms with Crippen LogP contribution in [-0.4, -0.2) is 30.9 Å². The Morgan fingerprint density at radius 1 is 1.21 bits per heavy atom. The van der Waals surface area contributed by atoms with Crippen LogP contribution in [0.3, 0.4) is 0 Å². The standard InChI is InChI=1S/C14H15NO4/c16-14(15-7-1-2-8-19-15)6-4-11-3-5-12-13(9-11)18-10-17-12/h3-6,9H,1-2,7-8,10H2/b6-4+. The lowest BCUT2D eigenvalue weighted by molar-refractivity contribution is -0.191. The number of carbonyl (C=O) groups is 1. The number of hydroxylamine groups is 2. The van der Waals surface area contributed by atoms with Crippen LogP contribution in [0.5, 0.6) is 11.5 Å². The van der Waals surface area contributed by atoms with E-state index < -0.39 is 0 Å². The molecule has 2 aliphatic heterocycles. The molecule has 1 aromatic carbocycles. The fraction of sp³-hybridized carbons (Fsp3) is 0.357. The Morgan fingerprint density at radius 2 is 2.11 bits per heavy atom. The number of fused-ring (bicyclic) bond motifs is 1. The number of carbonyl (C=O) groups excluding carboxylic acids is 1. The summed E-state index contributed by atoms with van der Waals surface area (Å²) in [5.41, 5.74) is 0.898. The Hall–Kier alpha value is -2.01. The summed E-state index contributed by atoms with van der Waals surface area (Å²) >= 11 is 0. The summed E-state index contributed by atoms with van der Waals surface area (Å²) < 4.78 is 10.5. The molecule has 0 spiro atoms. The molecule has 0 saturated carbocycles. The molecule has 5 nitrogen and oxygen atoms in total. The van der Waals surface area contributed by atoms with Gasteiger partial charge >= 0.3 is 0 Å². The van der Waals surface area contributed by atoms with Crippen molar-refractivity contribution < 1.29 is 19.1 Å². The molecule has 19 heavy (non-hydrogen) atoms. The number of nitrogens with zero attached hydrogens (tertiary/aromatic N) is 1. The van der Waals surface area contributed by atoms with Gasteiger partial charge in [0.25, 0.3) is 5.91 Å². The van der Waals surface area contributed by atoms with Crippen LogP contribution >= 0.6 is 0 Å². The fourth-order valence-corrected chi connectivity index (χ4v) is 2.04. The molecule has 1 amide bonds. The number of hydrogen-bond acceptors (Lipinski definition) is 4. The molecule has 5 heteroatoms. The third-order valence-corrected chi connectivity index (χ3v) is 3.06. The second-order valence-electron chi connectivity index (χ2n) is 4.43. The summed E-state index contributed by atoms with van der Waals surface area (Å²) in [5.74, 6) is 1.32. The molecule has 0 radical (unpaired) electrons. The molecule has 100 valence electrons. The van der Waals surface area contributed by atoms with Gasteiger partial charge in [-0.3, -0.25) is 9.63 Å². The Bertz CT molecular complexity index is 506. The van der Waals surface area contributed by atoms with Gasteiger partial charge in [0.1, 0.15) is 0 Å². The van der Waals surface area contributed by atoms with Crippen LogP contribution in [0.15, 0.2) is 24.3 Å². The largest absolute Gasteiger partial charge is 0.454 e. The van der Waals surface area contributed by atoms with E-state index in [2.05, 4.69) is 0 Å².